The first kappa shape index (κ1) is 17.9. The number of aryl methyl sites for hydroxylation is 1. The predicted octanol–water partition coefficient (Wildman–Crippen LogP) is 5.02. The first-order valence-corrected chi connectivity index (χ1v) is 10.2. The molecule has 0 atom stereocenters. The van der Waals surface area contributed by atoms with Gasteiger partial charge in [-0.2, -0.15) is 4.37 Å². The van der Waals surface area contributed by atoms with Gasteiger partial charge in [-0.1, -0.05) is 38.1 Å². The van der Waals surface area contributed by atoms with Crippen LogP contribution < -0.4 is 0 Å². The number of aromatic nitrogens is 5. The van der Waals surface area contributed by atoms with Crippen molar-refractivity contribution in [2.75, 3.05) is 0 Å². The highest BCUT2D eigenvalue weighted by molar-refractivity contribution is 8.00. The van der Waals surface area contributed by atoms with Crippen molar-refractivity contribution in [1.82, 2.24) is 24.1 Å². The highest BCUT2D eigenvalue weighted by atomic mass is 32.2. The Kier molecular flexibility index (Phi) is 5.09. The van der Waals surface area contributed by atoms with Gasteiger partial charge < -0.3 is 4.42 Å². The second-order valence-electron chi connectivity index (χ2n) is 6.46. The summed E-state index contributed by atoms with van der Waals surface area (Å²) in [6.45, 7) is 6.81. The average Bonchev–Trinajstić information content (AvgIpc) is 3.39. The standard InChI is InChI=1S/C19H19N5OS2/c1-12(2)16-20-19(27-23-16)26-18-22-21-17(15-9-5-4-7-13(15)3)24(18)11-14-8-6-10-25-14/h4-10,12H,11H2,1-3H3. The molecule has 0 bridgehead atoms. The highest BCUT2D eigenvalue weighted by Crippen LogP contribution is 2.33. The summed E-state index contributed by atoms with van der Waals surface area (Å²) in [6, 6.07) is 12.0. The van der Waals surface area contributed by atoms with E-state index in [2.05, 4.69) is 57.0 Å². The first-order chi connectivity index (χ1) is 13.1. The summed E-state index contributed by atoms with van der Waals surface area (Å²) >= 11 is 2.88. The third-order valence-electron chi connectivity index (χ3n) is 4.11. The fraction of sp³-hybridized carbons (Fsp3) is 0.263. The zero-order chi connectivity index (χ0) is 18.8. The minimum Gasteiger partial charge on any atom is -0.467 e. The van der Waals surface area contributed by atoms with E-state index in [0.29, 0.717) is 12.5 Å². The van der Waals surface area contributed by atoms with E-state index in [-0.39, 0.29) is 0 Å². The van der Waals surface area contributed by atoms with Crippen molar-refractivity contribution < 1.29 is 4.42 Å². The van der Waals surface area contributed by atoms with Gasteiger partial charge in [-0.3, -0.25) is 4.57 Å². The number of hydrogen-bond donors (Lipinski definition) is 0. The molecule has 4 rings (SSSR count). The van der Waals surface area contributed by atoms with Crippen molar-refractivity contribution >= 4 is 23.3 Å². The van der Waals surface area contributed by atoms with Crippen LogP contribution in [0.4, 0.5) is 0 Å². The quantitative estimate of drug-likeness (QED) is 0.455. The zero-order valence-electron chi connectivity index (χ0n) is 15.3. The molecule has 0 saturated carbocycles. The molecule has 0 fully saturated rings. The molecule has 0 saturated heterocycles. The van der Waals surface area contributed by atoms with Crippen LogP contribution >= 0.6 is 23.3 Å². The van der Waals surface area contributed by atoms with Crippen LogP contribution in [0, 0.1) is 6.92 Å². The van der Waals surface area contributed by atoms with Gasteiger partial charge in [-0.15, -0.1) is 10.2 Å². The summed E-state index contributed by atoms with van der Waals surface area (Å²) in [5, 5.41) is 9.68. The summed E-state index contributed by atoms with van der Waals surface area (Å²) in [6.07, 6.45) is 1.68. The van der Waals surface area contributed by atoms with E-state index >= 15 is 0 Å². The molecule has 8 heteroatoms. The predicted molar refractivity (Wildman–Crippen MR) is 106 cm³/mol. The van der Waals surface area contributed by atoms with Crippen LogP contribution in [0.1, 0.15) is 36.9 Å². The van der Waals surface area contributed by atoms with Gasteiger partial charge in [-0.25, -0.2) is 4.98 Å². The fourth-order valence-electron chi connectivity index (χ4n) is 2.66. The van der Waals surface area contributed by atoms with Crippen LogP contribution in [0.25, 0.3) is 11.4 Å². The Labute approximate surface area is 165 Å². The molecular formula is C19H19N5OS2. The van der Waals surface area contributed by atoms with E-state index < -0.39 is 0 Å². The van der Waals surface area contributed by atoms with Gasteiger partial charge in [0.05, 0.1) is 12.8 Å². The number of benzene rings is 1. The Morgan fingerprint density at radius 2 is 2.00 bits per heavy atom. The van der Waals surface area contributed by atoms with Gasteiger partial charge >= 0.3 is 0 Å². The molecule has 0 aliphatic rings. The van der Waals surface area contributed by atoms with Crippen molar-refractivity contribution in [1.29, 1.82) is 0 Å². The van der Waals surface area contributed by atoms with Crippen LogP contribution in [0.2, 0.25) is 0 Å². The summed E-state index contributed by atoms with van der Waals surface area (Å²) in [5.74, 6) is 2.84. The molecule has 0 N–H and O–H groups in total. The topological polar surface area (TPSA) is 69.6 Å². The molecule has 27 heavy (non-hydrogen) atoms. The Balaban J connectivity index is 1.73. The zero-order valence-corrected chi connectivity index (χ0v) is 16.9. The molecule has 0 amide bonds. The van der Waals surface area contributed by atoms with Crippen molar-refractivity contribution in [3.05, 3.63) is 59.8 Å². The molecule has 3 aromatic heterocycles. The normalized spacial score (nSPS) is 11.4. The number of rotatable bonds is 6. The van der Waals surface area contributed by atoms with E-state index in [0.717, 1.165) is 38.0 Å². The van der Waals surface area contributed by atoms with Gasteiger partial charge in [0, 0.05) is 11.5 Å². The lowest BCUT2D eigenvalue weighted by Crippen LogP contribution is -2.04. The van der Waals surface area contributed by atoms with Crippen molar-refractivity contribution in [2.45, 2.75) is 42.7 Å². The highest BCUT2D eigenvalue weighted by Gasteiger charge is 2.19. The molecular weight excluding hydrogens is 378 g/mol. The smallest absolute Gasteiger partial charge is 0.199 e. The largest absolute Gasteiger partial charge is 0.467 e. The minimum absolute atomic E-state index is 0.305. The molecule has 0 unspecified atom stereocenters. The van der Waals surface area contributed by atoms with Crippen molar-refractivity contribution in [2.24, 2.45) is 0 Å². The monoisotopic (exact) mass is 397 g/mol. The lowest BCUT2D eigenvalue weighted by atomic mass is 10.1. The Bertz CT molecular complexity index is 1040. The lowest BCUT2D eigenvalue weighted by molar-refractivity contribution is 0.485. The van der Waals surface area contributed by atoms with Crippen LogP contribution in [0.5, 0.6) is 0 Å². The maximum absolute atomic E-state index is 5.56. The van der Waals surface area contributed by atoms with E-state index in [9.17, 15) is 0 Å². The summed E-state index contributed by atoms with van der Waals surface area (Å²) in [7, 11) is 0. The summed E-state index contributed by atoms with van der Waals surface area (Å²) in [5.41, 5.74) is 2.21. The number of furan rings is 1. The minimum atomic E-state index is 0.305. The van der Waals surface area contributed by atoms with Gasteiger partial charge in [0.15, 0.2) is 15.3 Å². The molecule has 3 heterocycles. The Morgan fingerprint density at radius 3 is 2.70 bits per heavy atom. The number of nitrogens with zero attached hydrogens (tertiary/aromatic N) is 5. The molecule has 0 spiro atoms. The van der Waals surface area contributed by atoms with Gasteiger partial charge in [0.1, 0.15) is 11.6 Å². The van der Waals surface area contributed by atoms with Crippen LogP contribution in [-0.2, 0) is 6.54 Å². The number of hydrogen-bond acceptors (Lipinski definition) is 7. The van der Waals surface area contributed by atoms with E-state index in [1.54, 1.807) is 6.26 Å². The van der Waals surface area contributed by atoms with E-state index in [1.165, 1.54) is 23.3 Å². The fourth-order valence-corrected chi connectivity index (χ4v) is 4.34. The van der Waals surface area contributed by atoms with Crippen LogP contribution in [0.15, 0.2) is 56.6 Å². The van der Waals surface area contributed by atoms with Crippen molar-refractivity contribution in [3.63, 3.8) is 0 Å². The van der Waals surface area contributed by atoms with Crippen LogP contribution in [0.3, 0.4) is 0 Å². The second-order valence-corrected chi connectivity index (χ2v) is 8.43. The lowest BCUT2D eigenvalue weighted by Gasteiger charge is -2.09. The Hall–Kier alpha value is -2.45. The molecule has 4 aromatic rings. The average molecular weight is 398 g/mol. The molecule has 0 aliphatic heterocycles. The molecule has 6 nitrogen and oxygen atoms in total. The molecule has 1 aromatic carbocycles. The summed E-state index contributed by atoms with van der Waals surface area (Å²) < 4.78 is 12.9. The maximum Gasteiger partial charge on any atom is 0.199 e. The molecule has 138 valence electrons. The Morgan fingerprint density at radius 1 is 1.15 bits per heavy atom. The molecule has 0 aliphatic carbocycles. The third kappa shape index (κ3) is 3.81. The first-order valence-electron chi connectivity index (χ1n) is 8.65. The van der Waals surface area contributed by atoms with Crippen LogP contribution in [-0.4, -0.2) is 24.1 Å². The summed E-state index contributed by atoms with van der Waals surface area (Å²) in [4.78, 5) is 4.61. The van der Waals surface area contributed by atoms with Gasteiger partial charge in [-0.05, 0) is 47.9 Å². The van der Waals surface area contributed by atoms with Crippen molar-refractivity contribution in [3.8, 4) is 11.4 Å². The van der Waals surface area contributed by atoms with E-state index in [4.69, 9.17) is 4.42 Å². The van der Waals surface area contributed by atoms with E-state index in [1.807, 2.05) is 24.3 Å². The van der Waals surface area contributed by atoms with Gasteiger partial charge in [0.2, 0.25) is 0 Å². The maximum atomic E-state index is 5.56. The van der Waals surface area contributed by atoms with Gasteiger partial charge in [0.25, 0.3) is 0 Å². The third-order valence-corrected chi connectivity index (χ3v) is 5.86. The SMILES string of the molecule is Cc1ccccc1-c1nnc(Sc2nc(C(C)C)ns2)n1Cc1ccco1. The second kappa shape index (κ2) is 7.66. The molecule has 0 radical (unpaired) electrons.